The quantitative estimate of drug-likeness (QED) is 0.721. The molecule has 2 N–H and O–H groups in total. The summed E-state index contributed by atoms with van der Waals surface area (Å²) in [4.78, 5) is 14.9. The summed E-state index contributed by atoms with van der Waals surface area (Å²) in [6.07, 6.45) is 6.31. The van der Waals surface area contributed by atoms with E-state index in [2.05, 4.69) is 62.7 Å². The van der Waals surface area contributed by atoms with Gasteiger partial charge in [-0.25, -0.2) is 0 Å². The maximum absolute atomic E-state index is 12.9. The predicted octanol–water partition coefficient (Wildman–Crippen LogP) is 3.63. The van der Waals surface area contributed by atoms with Crippen molar-refractivity contribution in [2.24, 2.45) is 0 Å². The van der Waals surface area contributed by atoms with Gasteiger partial charge < -0.3 is 14.8 Å². The number of nitrogens with one attached hydrogen (secondary N) is 2. The second-order valence-corrected chi connectivity index (χ2v) is 8.26. The Morgan fingerprint density at radius 2 is 1.93 bits per heavy atom. The third kappa shape index (κ3) is 2.33. The van der Waals surface area contributed by atoms with Crippen LogP contribution in [0.15, 0.2) is 48.7 Å². The highest BCUT2D eigenvalue weighted by molar-refractivity contribution is 5.92. The molecule has 2 aliphatic heterocycles. The summed E-state index contributed by atoms with van der Waals surface area (Å²) in [5.41, 5.74) is 5.18. The first-order valence-corrected chi connectivity index (χ1v) is 10.1. The van der Waals surface area contributed by atoms with Crippen molar-refractivity contribution in [3.8, 4) is 5.69 Å². The van der Waals surface area contributed by atoms with Crippen LogP contribution >= 0.6 is 0 Å². The summed E-state index contributed by atoms with van der Waals surface area (Å²) in [6.45, 7) is 1.45. The highest BCUT2D eigenvalue weighted by Crippen LogP contribution is 2.43. The molecule has 28 heavy (non-hydrogen) atoms. The van der Waals surface area contributed by atoms with Crippen LogP contribution in [0.5, 0.6) is 0 Å². The summed E-state index contributed by atoms with van der Waals surface area (Å²) in [5.74, 6) is 0.627. The maximum Gasteiger partial charge on any atom is 0.274 e. The van der Waals surface area contributed by atoms with Crippen LogP contribution < -0.4 is 5.32 Å². The topological polar surface area (TPSA) is 66.0 Å². The first kappa shape index (κ1) is 16.0. The summed E-state index contributed by atoms with van der Waals surface area (Å²) < 4.78 is 2.29. The molecule has 142 valence electrons. The van der Waals surface area contributed by atoms with Gasteiger partial charge in [0.25, 0.3) is 5.91 Å². The first-order valence-electron chi connectivity index (χ1n) is 10.1. The Balaban J connectivity index is 1.24. The third-order valence-corrected chi connectivity index (χ3v) is 6.51. The number of piperidine rings is 1. The lowest BCUT2D eigenvalue weighted by Gasteiger charge is -2.46. The van der Waals surface area contributed by atoms with E-state index in [4.69, 9.17) is 0 Å². The average molecular weight is 373 g/mol. The number of carbonyl (C=O) groups excluding carboxylic acids is 1. The van der Waals surface area contributed by atoms with E-state index in [0.717, 1.165) is 37.3 Å². The van der Waals surface area contributed by atoms with Gasteiger partial charge in [-0.1, -0.05) is 12.1 Å². The van der Waals surface area contributed by atoms with Gasteiger partial charge in [0.1, 0.15) is 5.69 Å². The molecule has 1 aliphatic carbocycles. The van der Waals surface area contributed by atoms with Crippen LogP contribution in [0.4, 0.5) is 5.69 Å². The van der Waals surface area contributed by atoms with Gasteiger partial charge >= 0.3 is 0 Å². The van der Waals surface area contributed by atoms with E-state index < -0.39 is 0 Å². The number of aromatic nitrogens is 3. The number of anilines is 1. The Bertz CT molecular complexity index is 1050. The van der Waals surface area contributed by atoms with E-state index in [1.54, 1.807) is 0 Å². The zero-order valence-corrected chi connectivity index (χ0v) is 15.7. The van der Waals surface area contributed by atoms with Crippen LogP contribution in [0, 0.1) is 0 Å². The Kier molecular flexibility index (Phi) is 3.27. The molecule has 1 aromatic carbocycles. The van der Waals surface area contributed by atoms with Crippen molar-refractivity contribution in [2.45, 2.75) is 37.1 Å². The molecule has 6 heteroatoms. The van der Waals surface area contributed by atoms with Gasteiger partial charge in [-0.2, -0.15) is 5.10 Å². The molecule has 3 aromatic rings. The van der Waals surface area contributed by atoms with Crippen molar-refractivity contribution in [1.29, 1.82) is 0 Å². The number of nitrogens with zero attached hydrogens (tertiary/aromatic N) is 3. The van der Waals surface area contributed by atoms with Crippen molar-refractivity contribution < 1.29 is 4.79 Å². The van der Waals surface area contributed by atoms with Crippen molar-refractivity contribution in [3.05, 3.63) is 65.7 Å². The lowest BCUT2D eigenvalue weighted by atomic mass is 9.82. The molecule has 2 aromatic heterocycles. The normalized spacial score (nSPS) is 19.8. The minimum atomic E-state index is -0.126. The minimum absolute atomic E-state index is 0.0459. The van der Waals surface area contributed by atoms with Crippen molar-refractivity contribution >= 4 is 11.6 Å². The second kappa shape index (κ2) is 5.74. The number of fused-ring (bicyclic) bond motifs is 4. The summed E-state index contributed by atoms with van der Waals surface area (Å²) >= 11 is 0. The fourth-order valence-corrected chi connectivity index (χ4v) is 4.78. The zero-order valence-electron chi connectivity index (χ0n) is 15.7. The number of carbonyl (C=O) groups is 1. The Hall–Kier alpha value is -3.02. The van der Waals surface area contributed by atoms with Crippen molar-refractivity contribution in [2.75, 3.05) is 18.4 Å². The first-order chi connectivity index (χ1) is 13.7. The number of likely N-dealkylation sites (tertiary alicyclic amines) is 1. The molecule has 6 nitrogen and oxygen atoms in total. The van der Waals surface area contributed by atoms with Gasteiger partial charge in [0, 0.05) is 36.6 Å². The molecule has 6 rings (SSSR count). The molecule has 1 amide bonds. The standard InChI is InChI=1S/C22H23N5O/c28-21(18-14-17(24-25-18)15-7-8-15)26-12-9-22(10-13-26)20-6-3-11-27(20)19-5-2-1-4-16(19)23-22/h1-6,11,14-15,23H,7-10,12-13H2,(H,24,25). The summed E-state index contributed by atoms with van der Waals surface area (Å²) in [7, 11) is 0. The molecule has 4 heterocycles. The molecule has 0 radical (unpaired) electrons. The van der Waals surface area contributed by atoms with Crippen LogP contribution in [0.3, 0.4) is 0 Å². The van der Waals surface area contributed by atoms with Crippen LogP contribution in [-0.4, -0.2) is 38.7 Å². The molecule has 0 bridgehead atoms. The number of para-hydroxylation sites is 2. The highest BCUT2D eigenvalue weighted by Gasteiger charge is 2.42. The lowest BCUT2D eigenvalue weighted by molar-refractivity contribution is 0.0670. The van der Waals surface area contributed by atoms with E-state index in [1.807, 2.05) is 11.0 Å². The maximum atomic E-state index is 12.9. The van der Waals surface area contributed by atoms with Crippen LogP contribution in [0.2, 0.25) is 0 Å². The van der Waals surface area contributed by atoms with Crippen LogP contribution in [0.1, 0.15) is 53.5 Å². The van der Waals surface area contributed by atoms with Crippen LogP contribution in [-0.2, 0) is 5.54 Å². The minimum Gasteiger partial charge on any atom is -0.372 e. The molecule has 1 saturated carbocycles. The number of amides is 1. The fourth-order valence-electron chi connectivity index (χ4n) is 4.78. The molecule has 0 atom stereocenters. The number of rotatable bonds is 2. The number of aromatic amines is 1. The van der Waals surface area contributed by atoms with Crippen molar-refractivity contribution in [3.63, 3.8) is 0 Å². The Labute approximate surface area is 163 Å². The lowest BCUT2D eigenvalue weighted by Crippen LogP contribution is -2.51. The monoisotopic (exact) mass is 373 g/mol. The van der Waals surface area contributed by atoms with Gasteiger partial charge in [0.05, 0.1) is 16.9 Å². The third-order valence-electron chi connectivity index (χ3n) is 6.51. The molecule has 1 spiro atoms. The predicted molar refractivity (Wildman–Crippen MR) is 107 cm³/mol. The zero-order chi connectivity index (χ0) is 18.7. The fraction of sp³-hybridized carbons (Fsp3) is 0.364. The highest BCUT2D eigenvalue weighted by atomic mass is 16.2. The smallest absolute Gasteiger partial charge is 0.274 e. The molecule has 3 aliphatic rings. The van der Waals surface area contributed by atoms with Gasteiger partial charge in [-0.05, 0) is 56.0 Å². The molecule has 0 unspecified atom stereocenters. The summed E-state index contributed by atoms with van der Waals surface area (Å²) in [5, 5.41) is 11.1. The van der Waals surface area contributed by atoms with E-state index >= 15 is 0 Å². The molecule has 2 fully saturated rings. The number of hydrogen-bond donors (Lipinski definition) is 2. The van der Waals surface area contributed by atoms with Gasteiger partial charge in [0.15, 0.2) is 0 Å². The summed E-state index contributed by atoms with van der Waals surface area (Å²) in [6, 6.07) is 14.7. The molecular weight excluding hydrogens is 350 g/mol. The Morgan fingerprint density at radius 3 is 2.75 bits per heavy atom. The van der Waals surface area contributed by atoms with E-state index in [0.29, 0.717) is 11.6 Å². The Morgan fingerprint density at radius 1 is 1.11 bits per heavy atom. The average Bonchev–Trinajstić information content (AvgIpc) is 3.25. The SMILES string of the molecule is O=C(c1cc(C2CC2)[nH]n1)N1CCC2(CC1)Nc1ccccc1-n1cccc12. The molecule has 1 saturated heterocycles. The second-order valence-electron chi connectivity index (χ2n) is 8.26. The van der Waals surface area contributed by atoms with Crippen LogP contribution in [0.25, 0.3) is 5.69 Å². The van der Waals surface area contributed by atoms with E-state index in [-0.39, 0.29) is 11.4 Å². The van der Waals surface area contributed by atoms with E-state index in [1.165, 1.54) is 24.2 Å². The van der Waals surface area contributed by atoms with Gasteiger partial charge in [-0.15, -0.1) is 0 Å². The van der Waals surface area contributed by atoms with Gasteiger partial charge in [-0.3, -0.25) is 9.89 Å². The number of H-pyrrole nitrogens is 1. The number of benzene rings is 1. The molecular formula is C22H23N5O. The van der Waals surface area contributed by atoms with Crippen molar-refractivity contribution in [1.82, 2.24) is 19.7 Å². The van der Waals surface area contributed by atoms with E-state index in [9.17, 15) is 4.79 Å². The van der Waals surface area contributed by atoms with Gasteiger partial charge in [0.2, 0.25) is 0 Å². The number of hydrogen-bond acceptors (Lipinski definition) is 3. The largest absolute Gasteiger partial charge is 0.372 e.